The Morgan fingerprint density at radius 1 is 1.19 bits per heavy atom. The molecule has 0 saturated carbocycles. The molecule has 1 atom stereocenters. The van der Waals surface area contributed by atoms with E-state index in [0.29, 0.717) is 11.3 Å². The fourth-order valence-electron chi connectivity index (χ4n) is 1.76. The van der Waals surface area contributed by atoms with Crippen molar-refractivity contribution in [1.29, 1.82) is 0 Å². The number of hydrogen-bond donors (Lipinski definition) is 2. The molecular formula is C11H8N2O3. The predicted molar refractivity (Wildman–Crippen MR) is 55.5 cm³/mol. The number of benzene rings is 1. The van der Waals surface area contributed by atoms with Gasteiger partial charge in [-0.3, -0.25) is 15.4 Å². The second-order valence-corrected chi connectivity index (χ2v) is 3.56. The van der Waals surface area contributed by atoms with E-state index in [2.05, 4.69) is 10.6 Å². The second-order valence-electron chi connectivity index (χ2n) is 3.56. The van der Waals surface area contributed by atoms with Crippen LogP contribution in [0.25, 0.3) is 6.08 Å². The van der Waals surface area contributed by atoms with Crippen molar-refractivity contribution >= 4 is 18.0 Å². The van der Waals surface area contributed by atoms with Gasteiger partial charge in [-0.1, -0.05) is 18.2 Å². The van der Waals surface area contributed by atoms with Gasteiger partial charge in [0.25, 0.3) is 5.91 Å². The summed E-state index contributed by atoms with van der Waals surface area (Å²) in [5, 5.41) is 4.70. The van der Waals surface area contributed by atoms with Gasteiger partial charge >= 0.3 is 6.03 Å². The van der Waals surface area contributed by atoms with Crippen LogP contribution in [0, 0.1) is 0 Å². The number of carbonyl (C=O) groups excluding carboxylic acids is 2. The number of ether oxygens (including phenoxy) is 1. The first-order valence-corrected chi connectivity index (χ1v) is 4.83. The van der Waals surface area contributed by atoms with Crippen molar-refractivity contribution in [2.45, 2.75) is 6.23 Å². The van der Waals surface area contributed by atoms with Crippen LogP contribution in [0.1, 0.15) is 5.56 Å². The molecule has 5 heteroatoms. The Labute approximate surface area is 91.1 Å². The van der Waals surface area contributed by atoms with Gasteiger partial charge in [-0.25, -0.2) is 4.79 Å². The van der Waals surface area contributed by atoms with Gasteiger partial charge in [-0.2, -0.15) is 0 Å². The highest BCUT2D eigenvalue weighted by Gasteiger charge is 2.33. The van der Waals surface area contributed by atoms with Gasteiger partial charge in [0, 0.05) is 5.56 Å². The van der Waals surface area contributed by atoms with E-state index < -0.39 is 18.2 Å². The molecule has 1 fully saturated rings. The molecule has 2 N–H and O–H groups in total. The third-order valence-corrected chi connectivity index (χ3v) is 2.51. The molecule has 5 nitrogen and oxygen atoms in total. The molecule has 16 heavy (non-hydrogen) atoms. The lowest BCUT2D eigenvalue weighted by atomic mass is 10.0. The lowest BCUT2D eigenvalue weighted by molar-refractivity contribution is -0.118. The minimum Gasteiger partial charge on any atom is -0.466 e. The van der Waals surface area contributed by atoms with Gasteiger partial charge < -0.3 is 4.74 Å². The van der Waals surface area contributed by atoms with E-state index in [9.17, 15) is 9.59 Å². The van der Waals surface area contributed by atoms with Crippen LogP contribution >= 0.6 is 0 Å². The number of fused-ring (bicyclic) bond motifs is 2. The van der Waals surface area contributed by atoms with Gasteiger partial charge in [-0.05, 0) is 12.1 Å². The van der Waals surface area contributed by atoms with Crippen molar-refractivity contribution in [1.82, 2.24) is 10.6 Å². The van der Waals surface area contributed by atoms with Crippen LogP contribution in [-0.2, 0) is 4.79 Å². The lowest BCUT2D eigenvalue weighted by Crippen LogP contribution is -2.56. The number of urea groups is 1. The normalized spacial score (nSPS) is 22.0. The van der Waals surface area contributed by atoms with Gasteiger partial charge in [0.1, 0.15) is 5.75 Å². The summed E-state index contributed by atoms with van der Waals surface area (Å²) >= 11 is 0. The lowest BCUT2D eigenvalue weighted by Gasteiger charge is -2.30. The first kappa shape index (κ1) is 8.96. The van der Waals surface area contributed by atoms with Crippen LogP contribution in [0.15, 0.2) is 29.8 Å². The number of amides is 3. The summed E-state index contributed by atoms with van der Waals surface area (Å²) in [5.74, 6) is 0.245. The monoisotopic (exact) mass is 216 g/mol. The minimum absolute atomic E-state index is 0.414. The summed E-state index contributed by atoms with van der Waals surface area (Å²) in [6, 6.07) is 6.80. The van der Waals surface area contributed by atoms with E-state index >= 15 is 0 Å². The number of para-hydroxylation sites is 1. The van der Waals surface area contributed by atoms with Gasteiger partial charge in [0.15, 0.2) is 0 Å². The summed E-state index contributed by atoms with van der Waals surface area (Å²) in [5.41, 5.74) is 1.25. The van der Waals surface area contributed by atoms with E-state index in [0.717, 1.165) is 5.56 Å². The highest BCUT2D eigenvalue weighted by molar-refractivity contribution is 6.10. The topological polar surface area (TPSA) is 67.4 Å². The van der Waals surface area contributed by atoms with E-state index in [1.54, 1.807) is 12.1 Å². The van der Waals surface area contributed by atoms with Crippen molar-refractivity contribution in [3.63, 3.8) is 0 Å². The van der Waals surface area contributed by atoms with Crippen LogP contribution in [0.3, 0.4) is 0 Å². The zero-order valence-electron chi connectivity index (χ0n) is 8.19. The molecule has 0 spiro atoms. The molecule has 2 aliphatic heterocycles. The third-order valence-electron chi connectivity index (χ3n) is 2.51. The Morgan fingerprint density at radius 2 is 2.00 bits per heavy atom. The third kappa shape index (κ3) is 1.25. The number of imide groups is 1. The quantitative estimate of drug-likeness (QED) is 0.668. The van der Waals surface area contributed by atoms with E-state index in [-0.39, 0.29) is 0 Å². The average Bonchev–Trinajstić information content (AvgIpc) is 2.27. The molecule has 1 saturated heterocycles. The molecule has 0 aliphatic carbocycles. The summed E-state index contributed by atoms with van der Waals surface area (Å²) in [4.78, 5) is 22.6. The minimum atomic E-state index is -0.684. The number of carbonyl (C=O) groups is 2. The SMILES string of the molecule is O=C1NC(=O)C2=Cc3ccccc3O[C@@H]2N1. The summed E-state index contributed by atoms with van der Waals surface area (Å²) in [7, 11) is 0. The Kier molecular flexibility index (Phi) is 1.73. The summed E-state index contributed by atoms with van der Waals surface area (Å²) in [6.45, 7) is 0. The summed E-state index contributed by atoms with van der Waals surface area (Å²) in [6.07, 6.45) is 1.04. The molecule has 0 aromatic heterocycles. The Balaban J connectivity index is 2.08. The maximum absolute atomic E-state index is 11.5. The molecule has 2 aliphatic rings. The zero-order valence-corrected chi connectivity index (χ0v) is 8.19. The molecule has 2 heterocycles. The van der Waals surface area contributed by atoms with Crippen LogP contribution in [0.2, 0.25) is 0 Å². The van der Waals surface area contributed by atoms with Crippen LogP contribution < -0.4 is 15.4 Å². The van der Waals surface area contributed by atoms with Gasteiger partial charge in [0.05, 0.1) is 5.57 Å². The Hall–Kier alpha value is -2.30. The maximum Gasteiger partial charge on any atom is 0.324 e. The molecule has 0 unspecified atom stereocenters. The summed E-state index contributed by atoms with van der Waals surface area (Å²) < 4.78 is 5.52. The molecule has 80 valence electrons. The highest BCUT2D eigenvalue weighted by Crippen LogP contribution is 2.29. The van der Waals surface area contributed by atoms with E-state index in [1.165, 1.54) is 0 Å². The van der Waals surface area contributed by atoms with Gasteiger partial charge in [-0.15, -0.1) is 0 Å². The van der Waals surface area contributed by atoms with Crippen molar-refractivity contribution in [3.8, 4) is 5.75 Å². The van der Waals surface area contributed by atoms with E-state index in [4.69, 9.17) is 4.74 Å². The maximum atomic E-state index is 11.5. The molecule has 3 amide bonds. The number of rotatable bonds is 0. The van der Waals surface area contributed by atoms with Crippen LogP contribution in [-0.4, -0.2) is 18.2 Å². The molecule has 1 aromatic carbocycles. The van der Waals surface area contributed by atoms with Crippen molar-refractivity contribution in [2.75, 3.05) is 0 Å². The molecule has 3 rings (SSSR count). The smallest absolute Gasteiger partial charge is 0.324 e. The predicted octanol–water partition coefficient (Wildman–Crippen LogP) is 0.628. The zero-order chi connectivity index (χ0) is 11.1. The molecule has 0 bridgehead atoms. The number of hydrogen-bond acceptors (Lipinski definition) is 3. The van der Waals surface area contributed by atoms with Gasteiger partial charge in [0.2, 0.25) is 6.23 Å². The van der Waals surface area contributed by atoms with Crippen molar-refractivity contribution < 1.29 is 14.3 Å². The van der Waals surface area contributed by atoms with Crippen molar-refractivity contribution in [2.24, 2.45) is 0 Å². The first-order chi connectivity index (χ1) is 7.74. The largest absolute Gasteiger partial charge is 0.466 e. The van der Waals surface area contributed by atoms with Crippen LogP contribution in [0.5, 0.6) is 5.75 Å². The van der Waals surface area contributed by atoms with Crippen molar-refractivity contribution in [3.05, 3.63) is 35.4 Å². The molecule has 0 radical (unpaired) electrons. The average molecular weight is 216 g/mol. The Morgan fingerprint density at radius 3 is 2.88 bits per heavy atom. The Bertz CT molecular complexity index is 522. The van der Waals surface area contributed by atoms with Crippen LogP contribution in [0.4, 0.5) is 4.79 Å². The fourth-order valence-corrected chi connectivity index (χ4v) is 1.76. The number of nitrogens with one attached hydrogen (secondary N) is 2. The highest BCUT2D eigenvalue weighted by atomic mass is 16.5. The second kappa shape index (κ2) is 3.10. The van der Waals surface area contributed by atoms with E-state index in [1.807, 2.05) is 18.2 Å². The standard InChI is InChI=1S/C11H8N2O3/c14-9-7-5-6-3-1-2-4-8(6)16-10(7)13-11(15)12-9/h1-5,10H,(H2,12,13,14,15)/t10-/m0/s1. The fraction of sp³-hybridized carbons (Fsp3) is 0.0909. The first-order valence-electron chi connectivity index (χ1n) is 4.83. The molecular weight excluding hydrogens is 208 g/mol. The molecule has 1 aromatic rings.